The van der Waals surface area contributed by atoms with Gasteiger partial charge in [0.25, 0.3) is 5.69 Å². The van der Waals surface area contributed by atoms with Crippen molar-refractivity contribution in [1.29, 1.82) is 0 Å². The predicted octanol–water partition coefficient (Wildman–Crippen LogP) is 1.94. The first kappa shape index (κ1) is 11.0. The number of aryl methyl sites for hydroxylation is 1. The first-order valence-electron chi connectivity index (χ1n) is 4.91. The van der Waals surface area contributed by atoms with Gasteiger partial charge in [-0.25, -0.2) is 9.97 Å². The SMILES string of the molecule is Cc1cccc([N+](=O)[O-])c1-c1cnc(N)nc1. The molecule has 0 amide bonds. The van der Waals surface area contributed by atoms with E-state index in [0.29, 0.717) is 11.1 Å². The van der Waals surface area contributed by atoms with E-state index in [1.165, 1.54) is 18.5 Å². The van der Waals surface area contributed by atoms with Crippen molar-refractivity contribution in [1.82, 2.24) is 9.97 Å². The molecule has 0 aliphatic carbocycles. The van der Waals surface area contributed by atoms with Crippen LogP contribution in [0.15, 0.2) is 30.6 Å². The maximum atomic E-state index is 11.0. The molecule has 2 aromatic rings. The van der Waals surface area contributed by atoms with E-state index in [1.807, 2.05) is 0 Å². The van der Waals surface area contributed by atoms with Crippen LogP contribution in [-0.2, 0) is 0 Å². The van der Waals surface area contributed by atoms with Crippen molar-refractivity contribution in [3.05, 3.63) is 46.3 Å². The summed E-state index contributed by atoms with van der Waals surface area (Å²) in [5.41, 5.74) is 7.34. The van der Waals surface area contributed by atoms with E-state index in [-0.39, 0.29) is 11.6 Å². The first-order chi connectivity index (χ1) is 8.09. The minimum absolute atomic E-state index is 0.0402. The third kappa shape index (κ3) is 2.05. The molecule has 17 heavy (non-hydrogen) atoms. The Labute approximate surface area is 97.3 Å². The monoisotopic (exact) mass is 230 g/mol. The quantitative estimate of drug-likeness (QED) is 0.628. The van der Waals surface area contributed by atoms with Crippen molar-refractivity contribution in [2.45, 2.75) is 6.92 Å². The molecule has 0 atom stereocenters. The lowest BCUT2D eigenvalue weighted by Gasteiger charge is -2.06. The fourth-order valence-electron chi connectivity index (χ4n) is 1.65. The van der Waals surface area contributed by atoms with Gasteiger partial charge in [0.2, 0.25) is 5.95 Å². The maximum absolute atomic E-state index is 11.0. The lowest BCUT2D eigenvalue weighted by Crippen LogP contribution is -1.97. The average Bonchev–Trinajstić information content (AvgIpc) is 2.30. The van der Waals surface area contributed by atoms with Crippen molar-refractivity contribution < 1.29 is 4.92 Å². The molecule has 0 fully saturated rings. The first-order valence-corrected chi connectivity index (χ1v) is 4.91. The Hall–Kier alpha value is -2.50. The van der Waals surface area contributed by atoms with Crippen LogP contribution >= 0.6 is 0 Å². The van der Waals surface area contributed by atoms with Crippen molar-refractivity contribution in [3.8, 4) is 11.1 Å². The summed E-state index contributed by atoms with van der Waals surface area (Å²) in [5.74, 6) is 0.144. The van der Waals surface area contributed by atoms with E-state index >= 15 is 0 Å². The van der Waals surface area contributed by atoms with E-state index < -0.39 is 4.92 Å². The smallest absolute Gasteiger partial charge is 0.277 e. The summed E-state index contributed by atoms with van der Waals surface area (Å²) in [6.07, 6.45) is 2.97. The fourth-order valence-corrected chi connectivity index (χ4v) is 1.65. The van der Waals surface area contributed by atoms with Gasteiger partial charge in [0.15, 0.2) is 0 Å². The lowest BCUT2D eigenvalue weighted by molar-refractivity contribution is -0.384. The molecule has 0 radical (unpaired) electrons. The number of nitrogen functional groups attached to an aromatic ring is 1. The number of hydrogen-bond donors (Lipinski definition) is 1. The van der Waals surface area contributed by atoms with Crippen molar-refractivity contribution in [3.63, 3.8) is 0 Å². The highest BCUT2D eigenvalue weighted by Gasteiger charge is 2.17. The molecule has 0 saturated carbocycles. The molecule has 2 N–H and O–H groups in total. The highest BCUT2D eigenvalue weighted by Crippen LogP contribution is 2.31. The standard InChI is InChI=1S/C11H10N4O2/c1-7-3-2-4-9(15(16)17)10(7)8-5-13-11(12)14-6-8/h2-6H,1H3,(H2,12,13,14). The van der Waals surface area contributed by atoms with E-state index in [1.54, 1.807) is 19.1 Å². The summed E-state index contributed by atoms with van der Waals surface area (Å²) >= 11 is 0. The molecule has 6 nitrogen and oxygen atoms in total. The molecule has 86 valence electrons. The molecular formula is C11H10N4O2. The van der Waals surface area contributed by atoms with Crippen molar-refractivity contribution >= 4 is 11.6 Å². The van der Waals surface area contributed by atoms with Crippen LogP contribution in [-0.4, -0.2) is 14.9 Å². The van der Waals surface area contributed by atoms with Crippen LogP contribution in [0.3, 0.4) is 0 Å². The molecule has 1 heterocycles. The molecule has 0 unspecified atom stereocenters. The Morgan fingerprint density at radius 2 is 1.94 bits per heavy atom. The Bertz CT molecular complexity index is 566. The van der Waals surface area contributed by atoms with Gasteiger partial charge in [-0.05, 0) is 12.5 Å². The minimum Gasteiger partial charge on any atom is -0.368 e. The number of hydrogen-bond acceptors (Lipinski definition) is 5. The van der Waals surface area contributed by atoms with Gasteiger partial charge in [0, 0.05) is 24.0 Å². The predicted molar refractivity (Wildman–Crippen MR) is 63.3 cm³/mol. The summed E-state index contributed by atoms with van der Waals surface area (Å²) in [5, 5.41) is 11.0. The third-order valence-electron chi connectivity index (χ3n) is 2.41. The number of nitro groups is 1. The second kappa shape index (κ2) is 4.17. The van der Waals surface area contributed by atoms with Crippen molar-refractivity contribution in [2.24, 2.45) is 0 Å². The van der Waals surface area contributed by atoms with Gasteiger partial charge in [0.05, 0.1) is 10.5 Å². The topological polar surface area (TPSA) is 94.9 Å². The number of nitro benzene ring substituents is 1. The average molecular weight is 230 g/mol. The molecule has 1 aromatic carbocycles. The van der Waals surface area contributed by atoms with E-state index in [4.69, 9.17) is 5.73 Å². The van der Waals surface area contributed by atoms with E-state index in [2.05, 4.69) is 9.97 Å². The maximum Gasteiger partial charge on any atom is 0.277 e. The Balaban J connectivity index is 2.65. The normalized spacial score (nSPS) is 10.2. The second-order valence-electron chi connectivity index (χ2n) is 3.56. The van der Waals surface area contributed by atoms with E-state index in [9.17, 15) is 10.1 Å². The fraction of sp³-hybridized carbons (Fsp3) is 0.0909. The zero-order chi connectivity index (χ0) is 12.4. The molecule has 6 heteroatoms. The number of nitrogens with zero attached hydrogens (tertiary/aromatic N) is 3. The Kier molecular flexibility index (Phi) is 2.70. The van der Waals surface area contributed by atoms with Gasteiger partial charge in [-0.2, -0.15) is 0 Å². The zero-order valence-electron chi connectivity index (χ0n) is 9.12. The highest BCUT2D eigenvalue weighted by molar-refractivity contribution is 5.75. The minimum atomic E-state index is -0.418. The summed E-state index contributed by atoms with van der Waals surface area (Å²) < 4.78 is 0. The van der Waals surface area contributed by atoms with Crippen LogP contribution < -0.4 is 5.73 Å². The van der Waals surface area contributed by atoms with Gasteiger partial charge in [-0.15, -0.1) is 0 Å². The number of rotatable bonds is 2. The number of nitrogens with two attached hydrogens (primary N) is 1. The van der Waals surface area contributed by atoms with Gasteiger partial charge in [-0.3, -0.25) is 10.1 Å². The Morgan fingerprint density at radius 1 is 1.29 bits per heavy atom. The summed E-state index contributed by atoms with van der Waals surface area (Å²) in [6.45, 7) is 1.80. The number of benzene rings is 1. The zero-order valence-corrected chi connectivity index (χ0v) is 9.12. The second-order valence-corrected chi connectivity index (χ2v) is 3.56. The number of anilines is 1. The summed E-state index contributed by atoms with van der Waals surface area (Å²) in [7, 11) is 0. The van der Waals surface area contributed by atoms with Gasteiger partial charge >= 0.3 is 0 Å². The molecule has 2 rings (SSSR count). The molecule has 0 spiro atoms. The highest BCUT2D eigenvalue weighted by atomic mass is 16.6. The summed E-state index contributed by atoms with van der Waals surface area (Å²) in [4.78, 5) is 18.2. The van der Waals surface area contributed by atoms with Crippen LogP contribution in [0.1, 0.15) is 5.56 Å². The molecular weight excluding hydrogens is 220 g/mol. The van der Waals surface area contributed by atoms with Crippen LogP contribution in [0.5, 0.6) is 0 Å². The third-order valence-corrected chi connectivity index (χ3v) is 2.41. The van der Waals surface area contributed by atoms with Crippen LogP contribution in [0, 0.1) is 17.0 Å². The lowest BCUT2D eigenvalue weighted by atomic mass is 10.0. The molecule has 0 aliphatic rings. The van der Waals surface area contributed by atoms with Crippen LogP contribution in [0.2, 0.25) is 0 Å². The number of aromatic nitrogens is 2. The van der Waals surface area contributed by atoms with Gasteiger partial charge in [0.1, 0.15) is 0 Å². The molecule has 1 aromatic heterocycles. The van der Waals surface area contributed by atoms with E-state index in [0.717, 1.165) is 5.56 Å². The van der Waals surface area contributed by atoms with Crippen molar-refractivity contribution in [2.75, 3.05) is 5.73 Å². The van der Waals surface area contributed by atoms with Crippen LogP contribution in [0.4, 0.5) is 11.6 Å². The Morgan fingerprint density at radius 3 is 2.53 bits per heavy atom. The van der Waals surface area contributed by atoms with Gasteiger partial charge in [-0.1, -0.05) is 12.1 Å². The summed E-state index contributed by atoms with van der Waals surface area (Å²) in [6, 6.07) is 4.91. The van der Waals surface area contributed by atoms with Crippen LogP contribution in [0.25, 0.3) is 11.1 Å². The molecule has 0 aliphatic heterocycles. The molecule has 0 bridgehead atoms. The van der Waals surface area contributed by atoms with Gasteiger partial charge < -0.3 is 5.73 Å². The largest absolute Gasteiger partial charge is 0.368 e. The molecule has 0 saturated heterocycles.